The Bertz CT molecular complexity index is 76.2. The first-order valence-electron chi connectivity index (χ1n) is 2.51. The van der Waals surface area contributed by atoms with Gasteiger partial charge in [-0.15, -0.1) is 0 Å². The minimum atomic E-state index is 0.105. The maximum absolute atomic E-state index is 5.08. The first-order valence-corrected chi connectivity index (χ1v) is 2.51. The smallest absolute Gasteiger partial charge is 0.0757 e. The van der Waals surface area contributed by atoms with Crippen molar-refractivity contribution in [2.75, 3.05) is 6.61 Å². The van der Waals surface area contributed by atoms with E-state index in [4.69, 9.17) is 4.74 Å². The molecule has 1 nitrogen and oxygen atoms in total. The quantitative estimate of drug-likeness (QED) is 0.412. The average Bonchev–Trinajstić information content (AvgIpc) is 1.69. The predicted octanol–water partition coefficient (Wildman–Crippen LogP) is 1.17. The van der Waals surface area contributed by atoms with Gasteiger partial charge in [0.25, 0.3) is 0 Å². The van der Waals surface area contributed by atoms with E-state index >= 15 is 0 Å². The van der Waals surface area contributed by atoms with Gasteiger partial charge in [-0.1, -0.05) is 12.2 Å². The van der Waals surface area contributed by atoms with Crippen LogP contribution in [0, 0.1) is 6.92 Å². The Hall–Kier alpha value is -0.300. The van der Waals surface area contributed by atoms with Crippen LogP contribution < -0.4 is 0 Å². The molecule has 0 saturated heterocycles. The van der Waals surface area contributed by atoms with Crippen LogP contribution in [0.15, 0.2) is 12.2 Å². The number of rotatable bonds is 0. The summed E-state index contributed by atoms with van der Waals surface area (Å²) in [5.74, 6) is 0. The molecule has 0 amide bonds. The Kier molecular flexibility index (Phi) is 1.47. The Labute approximate surface area is 44.0 Å². The number of hydrogen-bond donors (Lipinski definition) is 0. The van der Waals surface area contributed by atoms with Gasteiger partial charge < -0.3 is 4.74 Å². The first-order chi connectivity index (χ1) is 3.39. The lowest BCUT2D eigenvalue weighted by molar-refractivity contribution is 0.109. The van der Waals surface area contributed by atoms with Crippen LogP contribution in [0.2, 0.25) is 0 Å². The van der Waals surface area contributed by atoms with E-state index < -0.39 is 0 Å². The van der Waals surface area contributed by atoms with E-state index in [1.165, 1.54) is 0 Å². The maximum Gasteiger partial charge on any atom is 0.0757 e. The van der Waals surface area contributed by atoms with Gasteiger partial charge >= 0.3 is 0 Å². The molecule has 0 N–H and O–H groups in total. The van der Waals surface area contributed by atoms with E-state index in [1.54, 1.807) is 0 Å². The molecular weight excluding hydrogens is 88.1 g/mol. The van der Waals surface area contributed by atoms with Gasteiger partial charge in [0.15, 0.2) is 0 Å². The molecule has 1 aliphatic rings. The second-order valence-corrected chi connectivity index (χ2v) is 1.63. The minimum absolute atomic E-state index is 0.105. The van der Waals surface area contributed by atoms with E-state index in [0.717, 1.165) is 13.0 Å². The van der Waals surface area contributed by atoms with Crippen molar-refractivity contribution in [1.29, 1.82) is 0 Å². The largest absolute Gasteiger partial charge is 0.374 e. The summed E-state index contributed by atoms with van der Waals surface area (Å²) in [5, 5.41) is 0. The Morgan fingerprint density at radius 1 is 1.71 bits per heavy atom. The van der Waals surface area contributed by atoms with Gasteiger partial charge in [0.1, 0.15) is 0 Å². The molecule has 0 aromatic heterocycles. The molecule has 0 aromatic rings. The van der Waals surface area contributed by atoms with Crippen LogP contribution in [0.1, 0.15) is 6.42 Å². The van der Waals surface area contributed by atoms with Gasteiger partial charge in [0.2, 0.25) is 0 Å². The zero-order valence-electron chi connectivity index (χ0n) is 4.26. The van der Waals surface area contributed by atoms with Crippen molar-refractivity contribution >= 4 is 0 Å². The summed E-state index contributed by atoms with van der Waals surface area (Å²) in [6, 6.07) is 0. The van der Waals surface area contributed by atoms with Crippen LogP contribution in [0.3, 0.4) is 0 Å². The molecule has 1 radical (unpaired) electrons. The van der Waals surface area contributed by atoms with Crippen LogP contribution in [0.25, 0.3) is 0 Å². The molecule has 1 atom stereocenters. The van der Waals surface area contributed by atoms with Gasteiger partial charge in [-0.05, 0) is 13.3 Å². The maximum atomic E-state index is 5.08. The van der Waals surface area contributed by atoms with Crippen molar-refractivity contribution in [1.82, 2.24) is 0 Å². The summed E-state index contributed by atoms with van der Waals surface area (Å²) in [4.78, 5) is 0. The first kappa shape index (κ1) is 4.85. The Morgan fingerprint density at radius 2 is 2.57 bits per heavy atom. The zero-order valence-corrected chi connectivity index (χ0v) is 4.26. The molecular formula is C6H9O. The number of hydrogen-bond acceptors (Lipinski definition) is 1. The molecule has 1 unspecified atom stereocenters. The summed E-state index contributed by atoms with van der Waals surface area (Å²) in [5.41, 5.74) is 0. The molecule has 1 aliphatic heterocycles. The molecule has 0 saturated carbocycles. The lowest BCUT2D eigenvalue weighted by Crippen LogP contribution is -2.09. The van der Waals surface area contributed by atoms with E-state index in [0.29, 0.717) is 0 Å². The van der Waals surface area contributed by atoms with Gasteiger partial charge in [0.05, 0.1) is 12.7 Å². The third-order valence-electron chi connectivity index (χ3n) is 0.967. The molecule has 1 rings (SSSR count). The number of ether oxygens (including phenoxy) is 1. The molecule has 0 fully saturated rings. The van der Waals surface area contributed by atoms with Crippen molar-refractivity contribution in [3.63, 3.8) is 0 Å². The second-order valence-electron chi connectivity index (χ2n) is 1.63. The van der Waals surface area contributed by atoms with Crippen LogP contribution in [0.4, 0.5) is 0 Å². The highest BCUT2D eigenvalue weighted by Gasteiger charge is 1.98. The van der Waals surface area contributed by atoms with Gasteiger partial charge in [-0.2, -0.15) is 0 Å². The van der Waals surface area contributed by atoms with Crippen LogP contribution >= 0.6 is 0 Å². The van der Waals surface area contributed by atoms with Crippen LogP contribution in [-0.4, -0.2) is 12.7 Å². The monoisotopic (exact) mass is 97.1 g/mol. The normalized spacial score (nSPS) is 30.7. The zero-order chi connectivity index (χ0) is 5.11. The third-order valence-corrected chi connectivity index (χ3v) is 0.967. The summed E-state index contributed by atoms with van der Waals surface area (Å²) in [6.07, 6.45) is 5.23. The molecule has 7 heavy (non-hydrogen) atoms. The van der Waals surface area contributed by atoms with Crippen LogP contribution in [-0.2, 0) is 4.74 Å². The molecule has 0 aliphatic carbocycles. The average molecular weight is 97.1 g/mol. The van der Waals surface area contributed by atoms with Gasteiger partial charge in [0, 0.05) is 0 Å². The highest BCUT2D eigenvalue weighted by Crippen LogP contribution is 2.00. The van der Waals surface area contributed by atoms with Crippen molar-refractivity contribution in [3.05, 3.63) is 19.1 Å². The standard InChI is InChI=1S/C6H9O/c1-6-4-2-3-5-7-6/h2,4,6H,1,3,5H2. The van der Waals surface area contributed by atoms with E-state index in [9.17, 15) is 0 Å². The fourth-order valence-electron chi connectivity index (χ4n) is 0.591. The molecule has 1 heterocycles. The van der Waals surface area contributed by atoms with Gasteiger partial charge in [-0.25, -0.2) is 0 Å². The lowest BCUT2D eigenvalue weighted by Gasteiger charge is -2.10. The predicted molar refractivity (Wildman–Crippen MR) is 28.9 cm³/mol. The molecule has 0 spiro atoms. The fraction of sp³-hybridized carbons (Fsp3) is 0.500. The van der Waals surface area contributed by atoms with E-state index in [-0.39, 0.29) is 6.10 Å². The lowest BCUT2D eigenvalue weighted by atomic mass is 10.3. The van der Waals surface area contributed by atoms with E-state index in [2.05, 4.69) is 13.0 Å². The van der Waals surface area contributed by atoms with Crippen LogP contribution in [0.5, 0.6) is 0 Å². The molecule has 0 aromatic carbocycles. The summed E-state index contributed by atoms with van der Waals surface area (Å²) >= 11 is 0. The minimum Gasteiger partial charge on any atom is -0.374 e. The van der Waals surface area contributed by atoms with E-state index in [1.807, 2.05) is 6.08 Å². The third kappa shape index (κ3) is 1.32. The highest BCUT2D eigenvalue weighted by molar-refractivity contribution is 4.93. The van der Waals surface area contributed by atoms with Gasteiger partial charge in [-0.3, -0.25) is 0 Å². The SMILES string of the molecule is [CH2]C1C=CCCO1. The second kappa shape index (κ2) is 2.12. The van der Waals surface area contributed by atoms with Crippen molar-refractivity contribution < 1.29 is 4.74 Å². The van der Waals surface area contributed by atoms with Crippen molar-refractivity contribution in [2.45, 2.75) is 12.5 Å². The Balaban J connectivity index is 2.36. The molecule has 0 bridgehead atoms. The summed E-state index contributed by atoms with van der Waals surface area (Å²) in [6.45, 7) is 4.53. The fourth-order valence-corrected chi connectivity index (χ4v) is 0.591. The Morgan fingerprint density at radius 3 is 2.86 bits per heavy atom. The van der Waals surface area contributed by atoms with Crippen molar-refractivity contribution in [3.8, 4) is 0 Å². The summed E-state index contributed by atoms with van der Waals surface area (Å²) < 4.78 is 5.08. The molecule has 39 valence electrons. The topological polar surface area (TPSA) is 9.23 Å². The molecule has 1 heteroatoms. The summed E-state index contributed by atoms with van der Waals surface area (Å²) in [7, 11) is 0. The highest BCUT2D eigenvalue weighted by atomic mass is 16.5. The van der Waals surface area contributed by atoms with Crippen molar-refractivity contribution in [2.24, 2.45) is 0 Å².